The first-order valence-electron chi connectivity index (χ1n) is 8.71. The molecule has 2 rings (SSSR count). The van der Waals surface area contributed by atoms with E-state index in [-0.39, 0.29) is 12.1 Å². The number of aryl methyl sites for hydroxylation is 1. The lowest BCUT2D eigenvalue weighted by Crippen LogP contribution is -2.44. The Balaban J connectivity index is 1.99. The van der Waals surface area contributed by atoms with Gasteiger partial charge >= 0.3 is 6.03 Å². The summed E-state index contributed by atoms with van der Waals surface area (Å²) in [4.78, 5) is 18.7. The van der Waals surface area contributed by atoms with Gasteiger partial charge in [-0.2, -0.15) is 0 Å². The first-order valence-corrected chi connectivity index (χ1v) is 9.59. The van der Waals surface area contributed by atoms with Gasteiger partial charge in [0.15, 0.2) is 0 Å². The van der Waals surface area contributed by atoms with E-state index in [0.717, 1.165) is 28.4 Å². The molecule has 0 radical (unpaired) electrons. The van der Waals surface area contributed by atoms with Crippen LogP contribution in [0.25, 0.3) is 0 Å². The number of hydrogen-bond acceptors (Lipinski definition) is 4. The monoisotopic (exact) mass is 361 g/mol. The van der Waals surface area contributed by atoms with Gasteiger partial charge in [-0.1, -0.05) is 25.1 Å². The molecule has 2 aromatic rings. The average molecular weight is 362 g/mol. The molecule has 1 atom stereocenters. The maximum atomic E-state index is 12.3. The number of nitrogens with zero attached hydrogens (tertiary/aromatic N) is 2. The highest BCUT2D eigenvalue weighted by Gasteiger charge is 2.19. The highest BCUT2D eigenvalue weighted by molar-refractivity contribution is 7.09. The van der Waals surface area contributed by atoms with Gasteiger partial charge in [-0.25, -0.2) is 9.78 Å². The number of carbonyl (C=O) groups is 1. The summed E-state index contributed by atoms with van der Waals surface area (Å²) in [7, 11) is 0. The largest absolute Gasteiger partial charge is 0.486 e. The topological polar surface area (TPSA) is 54.5 Å². The van der Waals surface area contributed by atoms with Gasteiger partial charge in [-0.15, -0.1) is 11.3 Å². The number of rotatable bonds is 8. The zero-order chi connectivity index (χ0) is 18.2. The van der Waals surface area contributed by atoms with Crippen LogP contribution in [-0.2, 0) is 13.2 Å². The van der Waals surface area contributed by atoms with Crippen molar-refractivity contribution in [1.82, 2.24) is 15.2 Å². The quantitative estimate of drug-likeness (QED) is 0.760. The van der Waals surface area contributed by atoms with Crippen LogP contribution >= 0.6 is 11.3 Å². The van der Waals surface area contributed by atoms with E-state index in [0.29, 0.717) is 19.7 Å². The second kappa shape index (κ2) is 9.42. The molecule has 1 heterocycles. The fourth-order valence-corrected chi connectivity index (χ4v) is 3.12. The predicted octanol–water partition coefficient (Wildman–Crippen LogP) is 4.36. The number of thiazole rings is 1. The molecule has 25 heavy (non-hydrogen) atoms. The molecule has 5 nitrogen and oxygen atoms in total. The second-order valence-electron chi connectivity index (χ2n) is 6.01. The van der Waals surface area contributed by atoms with Crippen LogP contribution in [-0.4, -0.2) is 28.5 Å². The molecule has 1 aromatic heterocycles. The third-order valence-corrected chi connectivity index (χ3v) is 4.96. The van der Waals surface area contributed by atoms with Gasteiger partial charge in [0.2, 0.25) is 0 Å². The summed E-state index contributed by atoms with van der Waals surface area (Å²) >= 11 is 1.57. The lowest BCUT2D eigenvalue weighted by atomic mass is 10.2. The summed E-state index contributed by atoms with van der Waals surface area (Å²) in [6.45, 7) is 9.68. The number of nitrogens with one attached hydrogen (secondary N) is 1. The SMILES string of the molecule is CCNC(=O)N(Cc1csc(COc2ccccc2C)n1)[C@H](C)CC. The van der Waals surface area contributed by atoms with Crippen LogP contribution in [0.3, 0.4) is 0 Å². The van der Waals surface area contributed by atoms with E-state index in [1.807, 2.05) is 48.4 Å². The number of aromatic nitrogens is 1. The van der Waals surface area contributed by atoms with Gasteiger partial charge in [-0.05, 0) is 38.8 Å². The predicted molar refractivity (Wildman–Crippen MR) is 102 cm³/mol. The Kier molecular flexibility index (Phi) is 7.25. The van der Waals surface area contributed by atoms with Gasteiger partial charge in [0.25, 0.3) is 0 Å². The molecule has 0 fully saturated rings. The molecule has 0 saturated carbocycles. The fraction of sp³-hybridized carbons (Fsp3) is 0.474. The molecule has 0 unspecified atom stereocenters. The molecular weight excluding hydrogens is 334 g/mol. The maximum Gasteiger partial charge on any atom is 0.317 e. The number of urea groups is 1. The van der Waals surface area contributed by atoms with Gasteiger partial charge < -0.3 is 15.0 Å². The van der Waals surface area contributed by atoms with Crippen LogP contribution in [0.5, 0.6) is 5.75 Å². The first-order chi connectivity index (χ1) is 12.0. The summed E-state index contributed by atoms with van der Waals surface area (Å²) < 4.78 is 5.85. The number of benzene rings is 1. The Morgan fingerprint density at radius 2 is 2.12 bits per heavy atom. The molecule has 0 aliphatic carbocycles. The van der Waals surface area contributed by atoms with Crippen LogP contribution in [0.1, 0.15) is 43.5 Å². The average Bonchev–Trinajstić information content (AvgIpc) is 3.06. The van der Waals surface area contributed by atoms with Gasteiger partial charge in [0, 0.05) is 18.0 Å². The number of hydrogen-bond donors (Lipinski definition) is 1. The van der Waals surface area contributed by atoms with Crippen molar-refractivity contribution in [2.75, 3.05) is 6.54 Å². The molecule has 2 amide bonds. The molecule has 0 saturated heterocycles. The lowest BCUT2D eigenvalue weighted by molar-refractivity contribution is 0.173. The molecular formula is C19H27N3O2S. The summed E-state index contributed by atoms with van der Waals surface area (Å²) in [5.74, 6) is 0.878. The summed E-state index contributed by atoms with van der Waals surface area (Å²) in [5.41, 5.74) is 2.01. The highest BCUT2D eigenvalue weighted by Crippen LogP contribution is 2.20. The van der Waals surface area contributed by atoms with E-state index in [4.69, 9.17) is 4.74 Å². The van der Waals surface area contributed by atoms with E-state index >= 15 is 0 Å². The van der Waals surface area contributed by atoms with Gasteiger partial charge in [0.05, 0.1) is 12.2 Å². The third-order valence-electron chi connectivity index (χ3n) is 4.09. The second-order valence-corrected chi connectivity index (χ2v) is 6.95. The molecule has 0 bridgehead atoms. The number of para-hydroxylation sites is 1. The molecule has 0 aliphatic rings. The van der Waals surface area contributed by atoms with Crippen LogP contribution in [0.4, 0.5) is 4.79 Å². The van der Waals surface area contributed by atoms with Crippen LogP contribution < -0.4 is 10.1 Å². The van der Waals surface area contributed by atoms with Crippen molar-refractivity contribution in [1.29, 1.82) is 0 Å². The van der Waals surface area contributed by atoms with Gasteiger partial charge in [-0.3, -0.25) is 0 Å². The Hall–Kier alpha value is -2.08. The van der Waals surface area contributed by atoms with E-state index in [1.54, 1.807) is 11.3 Å². The smallest absolute Gasteiger partial charge is 0.317 e. The zero-order valence-corrected chi connectivity index (χ0v) is 16.2. The molecule has 0 aliphatic heterocycles. The zero-order valence-electron chi connectivity index (χ0n) is 15.4. The molecule has 136 valence electrons. The van der Waals surface area contributed by atoms with Crippen molar-refractivity contribution >= 4 is 17.4 Å². The van der Waals surface area contributed by atoms with E-state index in [1.165, 1.54) is 0 Å². The van der Waals surface area contributed by atoms with E-state index in [9.17, 15) is 4.79 Å². The Bertz CT molecular complexity index is 687. The minimum Gasteiger partial charge on any atom is -0.486 e. The van der Waals surface area contributed by atoms with Crippen molar-refractivity contribution in [3.05, 3.63) is 45.9 Å². The lowest BCUT2D eigenvalue weighted by Gasteiger charge is -2.27. The van der Waals surface area contributed by atoms with E-state index < -0.39 is 0 Å². The standard InChI is InChI=1S/C19H27N3O2S/c1-5-15(4)22(19(23)20-6-2)11-16-13-25-18(21-16)12-24-17-10-8-7-9-14(17)3/h7-10,13,15H,5-6,11-12H2,1-4H3,(H,20,23)/t15-/m1/s1. The van der Waals surface area contributed by atoms with Crippen LogP contribution in [0, 0.1) is 6.92 Å². The van der Waals surface area contributed by atoms with Crippen molar-refractivity contribution in [2.24, 2.45) is 0 Å². The molecule has 1 N–H and O–H groups in total. The number of carbonyl (C=O) groups excluding carboxylic acids is 1. The Labute approximate surface area is 154 Å². The van der Waals surface area contributed by atoms with Crippen LogP contribution in [0.2, 0.25) is 0 Å². The van der Waals surface area contributed by atoms with E-state index in [2.05, 4.69) is 24.1 Å². The normalized spacial score (nSPS) is 11.8. The minimum atomic E-state index is -0.0393. The molecule has 1 aromatic carbocycles. The van der Waals surface area contributed by atoms with Crippen molar-refractivity contribution in [3.63, 3.8) is 0 Å². The Morgan fingerprint density at radius 3 is 2.80 bits per heavy atom. The number of ether oxygens (including phenoxy) is 1. The van der Waals surface area contributed by atoms with Gasteiger partial charge in [0.1, 0.15) is 17.4 Å². The van der Waals surface area contributed by atoms with Crippen molar-refractivity contribution in [2.45, 2.75) is 53.3 Å². The maximum absolute atomic E-state index is 12.3. The van der Waals surface area contributed by atoms with Crippen molar-refractivity contribution < 1.29 is 9.53 Å². The molecule has 0 spiro atoms. The highest BCUT2D eigenvalue weighted by atomic mass is 32.1. The summed E-state index contributed by atoms with van der Waals surface area (Å²) in [6, 6.07) is 8.07. The minimum absolute atomic E-state index is 0.0393. The summed E-state index contributed by atoms with van der Waals surface area (Å²) in [5, 5.41) is 5.80. The van der Waals surface area contributed by atoms with Crippen molar-refractivity contribution in [3.8, 4) is 5.75 Å². The van der Waals surface area contributed by atoms with Crippen LogP contribution in [0.15, 0.2) is 29.6 Å². The Morgan fingerprint density at radius 1 is 1.36 bits per heavy atom. The number of amides is 2. The first kappa shape index (κ1) is 19.2. The molecule has 6 heteroatoms. The third kappa shape index (κ3) is 5.46. The summed E-state index contributed by atoms with van der Waals surface area (Å²) in [6.07, 6.45) is 0.907. The fourth-order valence-electron chi connectivity index (χ4n) is 2.42.